The Morgan fingerprint density at radius 3 is 2.59 bits per heavy atom. The third-order valence-corrected chi connectivity index (χ3v) is 6.71. The highest BCUT2D eigenvalue weighted by Crippen LogP contribution is 2.41. The topological polar surface area (TPSA) is 38.3 Å². The summed E-state index contributed by atoms with van der Waals surface area (Å²) in [7, 11) is 1.68. The molecule has 4 rings (SSSR count). The van der Waals surface area contributed by atoms with Crippen molar-refractivity contribution >= 4 is 33.2 Å². The van der Waals surface area contributed by atoms with E-state index in [-0.39, 0.29) is 11.9 Å². The Bertz CT molecular complexity index is 994. The second-order valence-electron chi connectivity index (χ2n) is 6.73. The van der Waals surface area contributed by atoms with E-state index < -0.39 is 0 Å². The van der Waals surface area contributed by atoms with Crippen LogP contribution < -0.4 is 10.1 Å². The van der Waals surface area contributed by atoms with Crippen LogP contribution in [0.1, 0.15) is 39.3 Å². The number of amides is 1. The van der Waals surface area contributed by atoms with Gasteiger partial charge in [-0.1, -0.05) is 34.1 Å². The van der Waals surface area contributed by atoms with Gasteiger partial charge in [0.15, 0.2) is 0 Å². The van der Waals surface area contributed by atoms with Crippen molar-refractivity contribution in [2.24, 2.45) is 0 Å². The molecule has 1 N–H and O–H groups in total. The molecule has 27 heavy (non-hydrogen) atoms. The minimum atomic E-state index is -0.0443. The number of hydrogen-bond donors (Lipinski definition) is 1. The molecule has 0 fully saturated rings. The van der Waals surface area contributed by atoms with E-state index >= 15 is 0 Å². The van der Waals surface area contributed by atoms with E-state index in [1.54, 1.807) is 18.4 Å². The molecule has 1 aliphatic carbocycles. The van der Waals surface area contributed by atoms with Gasteiger partial charge in [0.25, 0.3) is 5.91 Å². The zero-order chi connectivity index (χ0) is 19.0. The molecule has 5 heteroatoms. The maximum Gasteiger partial charge on any atom is 0.261 e. The highest BCUT2D eigenvalue weighted by molar-refractivity contribution is 9.10. The number of ether oxygens (including phenoxy) is 1. The fraction of sp³-hybridized carbons (Fsp3) is 0.227. The number of thiophene rings is 1. The third-order valence-electron chi connectivity index (χ3n) is 4.98. The summed E-state index contributed by atoms with van der Waals surface area (Å²) >= 11 is 5.01. The van der Waals surface area contributed by atoms with Crippen molar-refractivity contribution in [1.82, 2.24) is 5.32 Å². The normalized spacial score (nSPS) is 13.4. The number of aryl methyl sites for hydroxylation is 2. The van der Waals surface area contributed by atoms with E-state index in [0.29, 0.717) is 0 Å². The smallest absolute Gasteiger partial charge is 0.261 e. The molecule has 3 aromatic rings. The summed E-state index contributed by atoms with van der Waals surface area (Å²) in [5.41, 5.74) is 4.85. The summed E-state index contributed by atoms with van der Waals surface area (Å²) in [6, 6.07) is 16.3. The summed E-state index contributed by atoms with van der Waals surface area (Å²) < 4.78 is 6.41. The van der Waals surface area contributed by atoms with Crippen LogP contribution in [0.15, 0.2) is 53.0 Å². The molecule has 1 aromatic heterocycles. The van der Waals surface area contributed by atoms with Gasteiger partial charge in [0.2, 0.25) is 0 Å². The lowest BCUT2D eigenvalue weighted by molar-refractivity contribution is 0.0944. The number of rotatable bonds is 4. The first-order valence-corrected chi connectivity index (χ1v) is 10.5. The molecular formula is C22H20BrNO2S. The molecule has 1 amide bonds. The van der Waals surface area contributed by atoms with Crippen LogP contribution in [-0.2, 0) is 12.8 Å². The van der Waals surface area contributed by atoms with Crippen LogP contribution in [0.25, 0.3) is 10.4 Å². The highest BCUT2D eigenvalue weighted by Gasteiger charge is 2.23. The monoisotopic (exact) mass is 441 g/mol. The van der Waals surface area contributed by atoms with Gasteiger partial charge in [-0.3, -0.25) is 4.79 Å². The van der Waals surface area contributed by atoms with Gasteiger partial charge in [-0.25, -0.2) is 0 Å². The fourth-order valence-electron chi connectivity index (χ4n) is 3.44. The molecular weight excluding hydrogens is 422 g/mol. The van der Waals surface area contributed by atoms with E-state index in [2.05, 4.69) is 33.4 Å². The SMILES string of the molecule is COc1ccc2c(c1)-c1sc(C(=O)NC(C)c3ccc(Br)cc3)cc1CC2. The molecule has 0 saturated carbocycles. The van der Waals surface area contributed by atoms with Crippen LogP contribution >= 0.6 is 27.3 Å². The van der Waals surface area contributed by atoms with E-state index in [4.69, 9.17) is 4.74 Å². The number of hydrogen-bond acceptors (Lipinski definition) is 3. The van der Waals surface area contributed by atoms with Crippen LogP contribution in [0.2, 0.25) is 0 Å². The van der Waals surface area contributed by atoms with Crippen LogP contribution in [0.3, 0.4) is 0 Å². The molecule has 0 spiro atoms. The summed E-state index contributed by atoms with van der Waals surface area (Å²) in [4.78, 5) is 14.8. The van der Waals surface area contributed by atoms with Crippen molar-refractivity contribution < 1.29 is 9.53 Å². The van der Waals surface area contributed by atoms with Gasteiger partial charge in [0.1, 0.15) is 5.75 Å². The maximum atomic E-state index is 12.8. The average molecular weight is 442 g/mol. The molecule has 1 unspecified atom stereocenters. The van der Waals surface area contributed by atoms with Crippen LogP contribution in [0, 0.1) is 0 Å². The van der Waals surface area contributed by atoms with Gasteiger partial charge in [0.05, 0.1) is 18.0 Å². The Hall–Kier alpha value is -2.11. The number of nitrogens with one attached hydrogen (secondary N) is 1. The van der Waals surface area contributed by atoms with Gasteiger partial charge < -0.3 is 10.1 Å². The van der Waals surface area contributed by atoms with Crippen LogP contribution in [0.4, 0.5) is 0 Å². The Morgan fingerprint density at radius 2 is 1.85 bits per heavy atom. The minimum Gasteiger partial charge on any atom is -0.497 e. The Labute approximate surface area is 171 Å². The van der Waals surface area contributed by atoms with E-state index in [9.17, 15) is 4.79 Å². The van der Waals surface area contributed by atoms with E-state index in [1.807, 2.05) is 43.3 Å². The van der Waals surface area contributed by atoms with Crippen LogP contribution in [-0.4, -0.2) is 13.0 Å². The predicted octanol–water partition coefficient (Wildman–Crippen LogP) is 5.78. The Kier molecular flexibility index (Phi) is 5.06. The zero-order valence-electron chi connectivity index (χ0n) is 15.2. The molecule has 1 aliphatic rings. The Morgan fingerprint density at radius 1 is 1.11 bits per heavy atom. The summed E-state index contributed by atoms with van der Waals surface area (Å²) in [5, 5.41) is 3.12. The largest absolute Gasteiger partial charge is 0.497 e. The molecule has 138 valence electrons. The Balaban J connectivity index is 1.58. The van der Waals surface area contributed by atoms with Crippen molar-refractivity contribution in [1.29, 1.82) is 0 Å². The molecule has 1 heterocycles. The first kappa shape index (κ1) is 18.3. The molecule has 0 bridgehead atoms. The molecule has 0 aliphatic heterocycles. The number of carbonyl (C=O) groups is 1. The number of carbonyl (C=O) groups excluding carboxylic acids is 1. The first-order chi connectivity index (χ1) is 13.0. The molecule has 0 saturated heterocycles. The minimum absolute atomic E-state index is 0.0192. The van der Waals surface area contributed by atoms with Crippen molar-refractivity contribution in [3.63, 3.8) is 0 Å². The summed E-state index contributed by atoms with van der Waals surface area (Å²) in [5.74, 6) is 0.833. The van der Waals surface area contributed by atoms with Gasteiger partial charge >= 0.3 is 0 Å². The van der Waals surface area contributed by atoms with Crippen molar-refractivity contribution in [2.45, 2.75) is 25.8 Å². The van der Waals surface area contributed by atoms with Crippen molar-refractivity contribution in [3.05, 3.63) is 74.6 Å². The van der Waals surface area contributed by atoms with Gasteiger partial charge in [-0.05, 0) is 72.4 Å². The second kappa shape index (κ2) is 7.49. The molecule has 1 atom stereocenters. The number of halogens is 1. The lowest BCUT2D eigenvalue weighted by Crippen LogP contribution is -2.25. The summed E-state index contributed by atoms with van der Waals surface area (Å²) in [6.45, 7) is 2.01. The first-order valence-electron chi connectivity index (χ1n) is 8.91. The molecule has 3 nitrogen and oxygen atoms in total. The van der Waals surface area contributed by atoms with Crippen LogP contribution in [0.5, 0.6) is 5.75 Å². The average Bonchev–Trinajstić information content (AvgIpc) is 3.13. The maximum absolute atomic E-state index is 12.8. The van der Waals surface area contributed by atoms with E-state index in [1.165, 1.54) is 21.6 Å². The van der Waals surface area contributed by atoms with Gasteiger partial charge in [0, 0.05) is 9.35 Å². The van der Waals surface area contributed by atoms with Crippen molar-refractivity contribution in [3.8, 4) is 16.2 Å². The lowest BCUT2D eigenvalue weighted by Gasteiger charge is -2.16. The quantitative estimate of drug-likeness (QED) is 0.557. The number of methoxy groups -OCH3 is 1. The number of benzene rings is 2. The third kappa shape index (κ3) is 3.66. The summed E-state index contributed by atoms with van der Waals surface area (Å²) in [6.07, 6.45) is 1.97. The zero-order valence-corrected chi connectivity index (χ0v) is 17.6. The van der Waals surface area contributed by atoms with Gasteiger partial charge in [-0.2, -0.15) is 0 Å². The number of fused-ring (bicyclic) bond motifs is 3. The van der Waals surface area contributed by atoms with E-state index in [0.717, 1.165) is 33.5 Å². The molecule has 2 aromatic carbocycles. The highest BCUT2D eigenvalue weighted by atomic mass is 79.9. The molecule has 0 radical (unpaired) electrons. The predicted molar refractivity (Wildman–Crippen MR) is 114 cm³/mol. The standard InChI is InChI=1S/C22H20BrNO2S/c1-13(14-5-8-17(23)9-6-14)24-22(25)20-11-16-4-3-15-7-10-18(26-2)12-19(15)21(16)27-20/h5-13H,3-4H2,1-2H3,(H,24,25). The second-order valence-corrected chi connectivity index (χ2v) is 8.70. The van der Waals surface area contributed by atoms with Gasteiger partial charge in [-0.15, -0.1) is 11.3 Å². The van der Waals surface area contributed by atoms with Crippen molar-refractivity contribution in [2.75, 3.05) is 7.11 Å². The fourth-order valence-corrected chi connectivity index (χ4v) is 4.87. The lowest BCUT2D eigenvalue weighted by atomic mass is 9.91.